The van der Waals surface area contributed by atoms with Crippen molar-refractivity contribution in [2.24, 2.45) is 4.99 Å². The van der Waals surface area contributed by atoms with Gasteiger partial charge >= 0.3 is 0 Å². The zero-order valence-corrected chi connectivity index (χ0v) is 16.3. The fourth-order valence-corrected chi connectivity index (χ4v) is 3.31. The summed E-state index contributed by atoms with van der Waals surface area (Å²) < 4.78 is 22.9. The van der Waals surface area contributed by atoms with Crippen molar-refractivity contribution < 1.29 is 18.0 Å². The van der Waals surface area contributed by atoms with Gasteiger partial charge in [0.15, 0.2) is 11.5 Å². The molecule has 0 aliphatic rings. The average Bonchev–Trinajstić information content (AvgIpc) is 3.46. The maximum absolute atomic E-state index is 9.74. The molecule has 0 fully saturated rings. The molecule has 7 heteroatoms. The van der Waals surface area contributed by atoms with Crippen molar-refractivity contribution in [2.75, 3.05) is 7.11 Å². The van der Waals surface area contributed by atoms with Gasteiger partial charge in [-0.15, -0.1) is 0 Å². The van der Waals surface area contributed by atoms with Crippen LogP contribution in [0.1, 0.15) is 11.1 Å². The highest BCUT2D eigenvalue weighted by Crippen LogP contribution is 2.42. The number of hydrogen-bond donors (Lipinski definition) is 0. The van der Waals surface area contributed by atoms with Crippen LogP contribution in [0.15, 0.2) is 77.7 Å². The lowest BCUT2D eigenvalue weighted by molar-refractivity contribution is 0.412. The Labute approximate surface area is 168 Å². The number of benzene rings is 1. The molecule has 0 amide bonds. The highest BCUT2D eigenvalue weighted by molar-refractivity contribution is 9.10. The molecule has 0 aliphatic carbocycles. The lowest BCUT2D eigenvalue weighted by atomic mass is 10.1. The second kappa shape index (κ2) is 7.62. The van der Waals surface area contributed by atoms with E-state index in [1.54, 1.807) is 37.6 Å². The molecule has 0 spiro atoms. The van der Waals surface area contributed by atoms with Gasteiger partial charge in [-0.05, 0) is 64.0 Å². The molecule has 6 nitrogen and oxygen atoms in total. The fraction of sp³-hybridized carbons (Fsp3) is 0.0476. The number of aliphatic imine (C=N–C) groups is 1. The lowest BCUT2D eigenvalue weighted by Crippen LogP contribution is -1.87. The van der Waals surface area contributed by atoms with Gasteiger partial charge in [0.1, 0.15) is 23.1 Å². The minimum Gasteiger partial charge on any atom is -0.496 e. The van der Waals surface area contributed by atoms with Crippen LogP contribution in [-0.4, -0.2) is 13.3 Å². The Morgan fingerprint density at radius 2 is 1.86 bits per heavy atom. The summed E-state index contributed by atoms with van der Waals surface area (Å²) in [6.45, 7) is 0. The largest absolute Gasteiger partial charge is 0.496 e. The number of ether oxygens (including phenoxy) is 1. The first-order chi connectivity index (χ1) is 13.7. The third kappa shape index (κ3) is 3.26. The fourth-order valence-electron chi connectivity index (χ4n) is 2.75. The van der Waals surface area contributed by atoms with E-state index in [1.165, 1.54) is 12.5 Å². The summed E-state index contributed by atoms with van der Waals surface area (Å²) in [5.41, 5.74) is 1.59. The van der Waals surface area contributed by atoms with Gasteiger partial charge in [-0.1, -0.05) is 0 Å². The Kier molecular flexibility index (Phi) is 4.87. The van der Waals surface area contributed by atoms with Crippen LogP contribution in [0.25, 0.3) is 22.8 Å². The molecule has 0 aliphatic heterocycles. The number of rotatable bonds is 5. The Balaban J connectivity index is 1.81. The Morgan fingerprint density at radius 3 is 2.46 bits per heavy atom. The summed E-state index contributed by atoms with van der Waals surface area (Å²) in [4.78, 5) is 4.39. The summed E-state index contributed by atoms with van der Waals surface area (Å²) in [5, 5.41) is 9.74. The first-order valence-electron chi connectivity index (χ1n) is 8.23. The van der Waals surface area contributed by atoms with Gasteiger partial charge in [-0.2, -0.15) is 5.26 Å². The third-order valence-corrected chi connectivity index (χ3v) is 4.64. The maximum Gasteiger partial charge on any atom is 0.238 e. The molecule has 0 saturated carbocycles. The smallest absolute Gasteiger partial charge is 0.238 e. The van der Waals surface area contributed by atoms with E-state index in [0.717, 1.165) is 10.0 Å². The van der Waals surface area contributed by atoms with Crippen LogP contribution >= 0.6 is 15.9 Å². The number of nitriles is 1. The normalized spacial score (nSPS) is 11.0. The number of nitrogens with zero attached hydrogens (tertiary/aromatic N) is 2. The predicted molar refractivity (Wildman–Crippen MR) is 107 cm³/mol. The van der Waals surface area contributed by atoms with Crippen LogP contribution in [0.4, 0.5) is 5.88 Å². The van der Waals surface area contributed by atoms with Crippen LogP contribution < -0.4 is 4.74 Å². The zero-order valence-electron chi connectivity index (χ0n) is 14.7. The SMILES string of the molecule is COc1ccc(C=Nc2oc(-c3ccco3)c(-c3ccco3)c2C#N)cc1Br. The van der Waals surface area contributed by atoms with Gasteiger partial charge < -0.3 is 18.0 Å². The molecule has 0 unspecified atom stereocenters. The van der Waals surface area contributed by atoms with Gasteiger partial charge in [0, 0.05) is 6.21 Å². The standard InChI is InChI=1S/C21H13BrN2O4/c1-25-16-7-6-13(10-15(16)22)12-24-21-14(11-23)19(17-4-2-8-26-17)20(28-21)18-5-3-9-27-18/h2-10,12H,1H3. The van der Waals surface area contributed by atoms with Crippen LogP contribution in [-0.2, 0) is 0 Å². The molecule has 0 N–H and O–H groups in total. The van der Waals surface area contributed by atoms with Crippen molar-refractivity contribution in [2.45, 2.75) is 0 Å². The lowest BCUT2D eigenvalue weighted by Gasteiger charge is -2.02. The molecule has 1 aromatic carbocycles. The third-order valence-electron chi connectivity index (χ3n) is 4.02. The second-order valence-electron chi connectivity index (χ2n) is 5.70. The van der Waals surface area contributed by atoms with Crippen molar-refractivity contribution in [3.05, 3.63) is 70.6 Å². The molecular formula is C21H13BrN2O4. The first kappa shape index (κ1) is 17.9. The Hall–Kier alpha value is -3.50. The highest BCUT2D eigenvalue weighted by Gasteiger charge is 2.25. The van der Waals surface area contributed by atoms with E-state index < -0.39 is 0 Å². The quantitative estimate of drug-likeness (QED) is 0.348. The van der Waals surface area contributed by atoms with E-state index in [-0.39, 0.29) is 11.4 Å². The van der Waals surface area contributed by atoms with Crippen molar-refractivity contribution in [3.8, 4) is 34.7 Å². The summed E-state index contributed by atoms with van der Waals surface area (Å²) in [5.74, 6) is 2.26. The first-order valence-corrected chi connectivity index (χ1v) is 9.03. The van der Waals surface area contributed by atoms with E-state index in [1.807, 2.05) is 18.2 Å². The Bertz CT molecular complexity index is 1170. The molecule has 3 aromatic heterocycles. The van der Waals surface area contributed by atoms with Crippen molar-refractivity contribution in [3.63, 3.8) is 0 Å². The number of hydrogen-bond acceptors (Lipinski definition) is 6. The van der Waals surface area contributed by atoms with Crippen molar-refractivity contribution in [1.29, 1.82) is 5.26 Å². The number of halogens is 1. The highest BCUT2D eigenvalue weighted by atomic mass is 79.9. The zero-order chi connectivity index (χ0) is 19.5. The average molecular weight is 437 g/mol. The van der Waals surface area contributed by atoms with Gasteiger partial charge in [0.2, 0.25) is 5.88 Å². The summed E-state index contributed by atoms with van der Waals surface area (Å²) in [6, 6.07) is 14.7. The van der Waals surface area contributed by atoms with E-state index in [2.05, 4.69) is 27.0 Å². The maximum atomic E-state index is 9.74. The molecule has 3 heterocycles. The van der Waals surface area contributed by atoms with Crippen LogP contribution in [0, 0.1) is 11.3 Å². The monoisotopic (exact) mass is 436 g/mol. The number of methoxy groups -OCH3 is 1. The molecule has 0 saturated heterocycles. The summed E-state index contributed by atoms with van der Waals surface area (Å²) in [7, 11) is 1.60. The molecule has 4 aromatic rings. The van der Waals surface area contributed by atoms with Gasteiger partial charge in [0.25, 0.3) is 0 Å². The van der Waals surface area contributed by atoms with E-state index in [9.17, 15) is 5.26 Å². The molecular weight excluding hydrogens is 424 g/mol. The predicted octanol–water partition coefficient (Wildman–Crippen LogP) is 6.19. The molecule has 28 heavy (non-hydrogen) atoms. The van der Waals surface area contributed by atoms with Gasteiger partial charge in [-0.3, -0.25) is 0 Å². The topological polar surface area (TPSA) is 84.8 Å². The second-order valence-corrected chi connectivity index (χ2v) is 6.56. The molecule has 4 rings (SSSR count). The summed E-state index contributed by atoms with van der Waals surface area (Å²) >= 11 is 3.44. The van der Waals surface area contributed by atoms with Crippen molar-refractivity contribution in [1.82, 2.24) is 0 Å². The van der Waals surface area contributed by atoms with E-state index in [4.69, 9.17) is 18.0 Å². The van der Waals surface area contributed by atoms with Crippen LogP contribution in [0.2, 0.25) is 0 Å². The number of furan rings is 3. The summed E-state index contributed by atoms with van der Waals surface area (Å²) in [6.07, 6.45) is 4.68. The van der Waals surface area contributed by atoms with Crippen molar-refractivity contribution >= 4 is 28.0 Å². The molecule has 0 bridgehead atoms. The van der Waals surface area contributed by atoms with E-state index >= 15 is 0 Å². The Morgan fingerprint density at radius 1 is 1.11 bits per heavy atom. The molecule has 0 atom stereocenters. The van der Waals surface area contributed by atoms with Crippen LogP contribution in [0.3, 0.4) is 0 Å². The van der Waals surface area contributed by atoms with Gasteiger partial charge in [0.05, 0.1) is 29.7 Å². The van der Waals surface area contributed by atoms with Crippen LogP contribution in [0.5, 0.6) is 5.75 Å². The van der Waals surface area contributed by atoms with E-state index in [0.29, 0.717) is 28.6 Å². The molecule has 0 radical (unpaired) electrons. The minimum absolute atomic E-state index is 0.173. The van der Waals surface area contributed by atoms with Gasteiger partial charge in [-0.25, -0.2) is 4.99 Å². The minimum atomic E-state index is 0.173. The molecule has 138 valence electrons.